The minimum absolute atomic E-state index is 0.0326. The van der Waals surface area contributed by atoms with Gasteiger partial charge in [-0.2, -0.15) is 0 Å². The average molecular weight is 252 g/mol. The van der Waals surface area contributed by atoms with Crippen LogP contribution in [0.5, 0.6) is 0 Å². The van der Waals surface area contributed by atoms with Gasteiger partial charge in [0.15, 0.2) is 0 Å². The summed E-state index contributed by atoms with van der Waals surface area (Å²) < 4.78 is 1.89. The summed E-state index contributed by atoms with van der Waals surface area (Å²) in [4.78, 5) is 12.0. The van der Waals surface area contributed by atoms with Crippen molar-refractivity contribution < 1.29 is 9.90 Å². The van der Waals surface area contributed by atoms with Crippen molar-refractivity contribution in [1.29, 1.82) is 0 Å². The molecule has 0 spiro atoms. The lowest BCUT2D eigenvalue weighted by atomic mass is 10.0. The fourth-order valence-electron chi connectivity index (χ4n) is 2.07. The van der Waals surface area contributed by atoms with E-state index in [1.165, 1.54) is 0 Å². The molecule has 2 unspecified atom stereocenters. The largest absolute Gasteiger partial charge is 0.396 e. The Labute approximate surface area is 109 Å². The van der Waals surface area contributed by atoms with Gasteiger partial charge in [-0.25, -0.2) is 0 Å². The number of rotatable bonds is 8. The molecule has 1 amide bonds. The van der Waals surface area contributed by atoms with E-state index in [9.17, 15) is 4.79 Å². The SMILES string of the molecule is CCCC(CCO)CNC(=O)C(C)n1cccc1. The fraction of sp³-hybridized carbons (Fsp3) is 0.643. The molecule has 1 rings (SSSR count). The van der Waals surface area contributed by atoms with Crippen LogP contribution in [-0.4, -0.2) is 28.7 Å². The van der Waals surface area contributed by atoms with Gasteiger partial charge in [0.1, 0.15) is 6.04 Å². The van der Waals surface area contributed by atoms with Gasteiger partial charge in [-0.3, -0.25) is 4.79 Å². The summed E-state index contributed by atoms with van der Waals surface area (Å²) in [7, 11) is 0. The molecule has 2 N–H and O–H groups in total. The first-order valence-electron chi connectivity index (χ1n) is 6.70. The summed E-state index contributed by atoms with van der Waals surface area (Å²) >= 11 is 0. The molecule has 4 nitrogen and oxygen atoms in total. The zero-order valence-electron chi connectivity index (χ0n) is 11.3. The van der Waals surface area contributed by atoms with E-state index in [-0.39, 0.29) is 18.6 Å². The van der Waals surface area contributed by atoms with Crippen LogP contribution >= 0.6 is 0 Å². The minimum Gasteiger partial charge on any atom is -0.396 e. The molecule has 0 saturated carbocycles. The zero-order valence-corrected chi connectivity index (χ0v) is 11.3. The molecule has 0 fully saturated rings. The lowest BCUT2D eigenvalue weighted by molar-refractivity contribution is -0.124. The number of nitrogens with zero attached hydrogens (tertiary/aromatic N) is 1. The second-order valence-electron chi connectivity index (χ2n) is 4.72. The van der Waals surface area contributed by atoms with Gasteiger partial charge < -0.3 is 15.0 Å². The number of aliphatic hydroxyl groups excluding tert-OH is 1. The average Bonchev–Trinajstić information content (AvgIpc) is 2.89. The molecule has 0 aliphatic carbocycles. The monoisotopic (exact) mass is 252 g/mol. The Morgan fingerprint density at radius 2 is 2.00 bits per heavy atom. The Kier molecular flexibility index (Phi) is 6.50. The predicted molar refractivity (Wildman–Crippen MR) is 72.3 cm³/mol. The molecule has 0 saturated heterocycles. The third kappa shape index (κ3) is 4.53. The third-order valence-electron chi connectivity index (χ3n) is 3.25. The normalized spacial score (nSPS) is 14.2. The quantitative estimate of drug-likeness (QED) is 0.743. The molecule has 1 aromatic rings. The lowest BCUT2D eigenvalue weighted by Gasteiger charge is -2.18. The molecular weight excluding hydrogens is 228 g/mol. The molecule has 0 aliphatic heterocycles. The fourth-order valence-corrected chi connectivity index (χ4v) is 2.07. The number of amides is 1. The van der Waals surface area contributed by atoms with Gasteiger partial charge in [0.05, 0.1) is 0 Å². The Morgan fingerprint density at radius 3 is 2.56 bits per heavy atom. The highest BCUT2D eigenvalue weighted by molar-refractivity contribution is 5.79. The molecule has 1 aromatic heterocycles. The highest BCUT2D eigenvalue weighted by Gasteiger charge is 2.15. The van der Waals surface area contributed by atoms with Crippen LogP contribution in [0.4, 0.5) is 0 Å². The summed E-state index contributed by atoms with van der Waals surface area (Å²) in [6, 6.07) is 3.64. The molecule has 4 heteroatoms. The van der Waals surface area contributed by atoms with Gasteiger partial charge in [-0.1, -0.05) is 13.3 Å². The number of carbonyl (C=O) groups is 1. The van der Waals surface area contributed by atoms with Crippen molar-refractivity contribution in [3.63, 3.8) is 0 Å². The van der Waals surface area contributed by atoms with Crippen molar-refractivity contribution >= 4 is 5.91 Å². The molecule has 1 heterocycles. The second kappa shape index (κ2) is 7.93. The van der Waals surface area contributed by atoms with E-state index in [2.05, 4.69) is 12.2 Å². The maximum Gasteiger partial charge on any atom is 0.242 e. The van der Waals surface area contributed by atoms with Gasteiger partial charge in [0.25, 0.3) is 0 Å². The first-order valence-corrected chi connectivity index (χ1v) is 6.70. The molecule has 0 radical (unpaired) electrons. The number of aromatic nitrogens is 1. The van der Waals surface area contributed by atoms with Gasteiger partial charge in [0.2, 0.25) is 5.91 Å². The number of aliphatic hydroxyl groups is 1. The number of hydrogen-bond acceptors (Lipinski definition) is 2. The molecule has 2 atom stereocenters. The molecular formula is C14H24N2O2. The minimum atomic E-state index is -0.184. The molecule has 102 valence electrons. The molecule has 0 aromatic carbocycles. The Morgan fingerprint density at radius 1 is 1.33 bits per heavy atom. The Hall–Kier alpha value is -1.29. The maximum atomic E-state index is 12.0. The number of nitrogens with one attached hydrogen (secondary N) is 1. The van der Waals surface area contributed by atoms with Crippen LogP contribution in [0, 0.1) is 5.92 Å². The molecule has 0 aliphatic rings. The highest BCUT2D eigenvalue weighted by Crippen LogP contribution is 2.11. The van der Waals surface area contributed by atoms with Gasteiger partial charge in [-0.15, -0.1) is 0 Å². The standard InChI is InChI=1S/C14H24N2O2/c1-3-6-13(7-10-17)11-15-14(18)12(2)16-8-4-5-9-16/h4-5,8-9,12-13,17H,3,6-7,10-11H2,1-2H3,(H,15,18). The number of carbonyl (C=O) groups excluding carboxylic acids is 1. The van der Waals surface area contributed by atoms with E-state index in [0.717, 1.165) is 19.3 Å². The van der Waals surface area contributed by atoms with Crippen LogP contribution in [0.15, 0.2) is 24.5 Å². The lowest BCUT2D eigenvalue weighted by Crippen LogP contribution is -2.34. The van der Waals surface area contributed by atoms with E-state index in [4.69, 9.17) is 5.11 Å². The highest BCUT2D eigenvalue weighted by atomic mass is 16.3. The third-order valence-corrected chi connectivity index (χ3v) is 3.25. The van der Waals surface area contributed by atoms with Crippen LogP contribution in [0.1, 0.15) is 39.2 Å². The Balaban J connectivity index is 2.39. The van der Waals surface area contributed by atoms with Gasteiger partial charge in [-0.05, 0) is 37.8 Å². The predicted octanol–water partition coefficient (Wildman–Crippen LogP) is 1.96. The van der Waals surface area contributed by atoms with Crippen molar-refractivity contribution in [1.82, 2.24) is 9.88 Å². The summed E-state index contributed by atoms with van der Waals surface area (Å²) in [6.07, 6.45) is 6.65. The second-order valence-corrected chi connectivity index (χ2v) is 4.72. The van der Waals surface area contributed by atoms with Crippen LogP contribution in [-0.2, 0) is 4.79 Å². The van der Waals surface area contributed by atoms with Crippen LogP contribution in [0.25, 0.3) is 0 Å². The van der Waals surface area contributed by atoms with E-state index in [0.29, 0.717) is 12.5 Å². The van der Waals surface area contributed by atoms with Crippen molar-refractivity contribution in [2.24, 2.45) is 5.92 Å². The Bertz CT molecular complexity index is 330. The van der Waals surface area contributed by atoms with E-state index >= 15 is 0 Å². The van der Waals surface area contributed by atoms with Crippen molar-refractivity contribution in [2.75, 3.05) is 13.2 Å². The van der Waals surface area contributed by atoms with Gasteiger partial charge in [0, 0.05) is 25.5 Å². The molecule has 18 heavy (non-hydrogen) atoms. The summed E-state index contributed by atoms with van der Waals surface area (Å²) in [5.74, 6) is 0.408. The summed E-state index contributed by atoms with van der Waals surface area (Å²) in [6.45, 7) is 4.84. The van der Waals surface area contributed by atoms with E-state index in [1.807, 2.05) is 36.0 Å². The first-order chi connectivity index (χ1) is 8.69. The molecule has 0 bridgehead atoms. The van der Waals surface area contributed by atoms with Crippen LogP contribution < -0.4 is 5.32 Å². The number of hydrogen-bond donors (Lipinski definition) is 2. The topological polar surface area (TPSA) is 54.3 Å². The smallest absolute Gasteiger partial charge is 0.242 e. The van der Waals surface area contributed by atoms with E-state index in [1.54, 1.807) is 0 Å². The van der Waals surface area contributed by atoms with Crippen molar-refractivity contribution in [3.8, 4) is 0 Å². The summed E-state index contributed by atoms with van der Waals surface area (Å²) in [5, 5.41) is 11.9. The first kappa shape index (κ1) is 14.8. The van der Waals surface area contributed by atoms with Crippen LogP contribution in [0.3, 0.4) is 0 Å². The van der Waals surface area contributed by atoms with Crippen molar-refractivity contribution in [3.05, 3.63) is 24.5 Å². The van der Waals surface area contributed by atoms with Crippen molar-refractivity contribution in [2.45, 2.75) is 39.2 Å². The van der Waals surface area contributed by atoms with Gasteiger partial charge >= 0.3 is 0 Å². The van der Waals surface area contributed by atoms with Crippen LogP contribution in [0.2, 0.25) is 0 Å². The van der Waals surface area contributed by atoms with E-state index < -0.39 is 0 Å². The zero-order chi connectivity index (χ0) is 13.4. The maximum absolute atomic E-state index is 12.0. The summed E-state index contributed by atoms with van der Waals surface area (Å²) in [5.41, 5.74) is 0.